The third kappa shape index (κ3) is 5.77. The highest BCUT2D eigenvalue weighted by molar-refractivity contribution is 5.77. The van der Waals surface area contributed by atoms with Crippen LogP contribution in [0.25, 0.3) is 0 Å². The van der Waals surface area contributed by atoms with E-state index >= 15 is 0 Å². The van der Waals surface area contributed by atoms with Crippen molar-refractivity contribution in [2.75, 3.05) is 46.6 Å². The summed E-state index contributed by atoms with van der Waals surface area (Å²) in [4.78, 5) is 14.0. The van der Waals surface area contributed by atoms with Crippen molar-refractivity contribution in [2.45, 2.75) is 39.2 Å². The second kappa shape index (κ2) is 10.1. The highest BCUT2D eigenvalue weighted by Gasteiger charge is 2.29. The number of hydrogen-bond acceptors (Lipinski definition) is 4. The van der Waals surface area contributed by atoms with Crippen LogP contribution >= 0.6 is 0 Å². The minimum absolute atomic E-state index is 0.105. The molecule has 1 aliphatic heterocycles. The Labute approximate surface area is 123 Å². The first kappa shape index (κ1) is 17.4. The summed E-state index contributed by atoms with van der Waals surface area (Å²) in [6.07, 6.45) is 3.31. The van der Waals surface area contributed by atoms with Crippen LogP contribution in [0.4, 0.5) is 0 Å². The predicted octanol–water partition coefficient (Wildman–Crippen LogP) is 1.28. The zero-order valence-electron chi connectivity index (χ0n) is 13.2. The number of nitrogens with zero attached hydrogens (tertiary/aromatic N) is 1. The quantitative estimate of drug-likeness (QED) is 0.649. The van der Waals surface area contributed by atoms with Crippen molar-refractivity contribution in [3.63, 3.8) is 0 Å². The molecule has 1 fully saturated rings. The number of rotatable bonds is 9. The molecule has 0 aromatic heterocycles. The summed E-state index contributed by atoms with van der Waals surface area (Å²) < 4.78 is 10.2. The topological polar surface area (TPSA) is 50.8 Å². The van der Waals surface area contributed by atoms with Gasteiger partial charge in [0.1, 0.15) is 6.61 Å². The van der Waals surface area contributed by atoms with E-state index in [2.05, 4.69) is 19.2 Å². The summed E-state index contributed by atoms with van der Waals surface area (Å²) in [5.74, 6) is 0.659. The number of carbonyl (C=O) groups excluding carboxylic acids is 1. The van der Waals surface area contributed by atoms with E-state index in [1.54, 1.807) is 7.11 Å². The number of methoxy groups -OCH3 is 1. The van der Waals surface area contributed by atoms with Gasteiger partial charge in [-0.05, 0) is 25.3 Å². The Morgan fingerprint density at radius 1 is 1.35 bits per heavy atom. The molecule has 20 heavy (non-hydrogen) atoms. The van der Waals surface area contributed by atoms with Crippen molar-refractivity contribution in [3.8, 4) is 0 Å². The summed E-state index contributed by atoms with van der Waals surface area (Å²) in [7, 11) is 1.63. The molecule has 1 amide bonds. The van der Waals surface area contributed by atoms with Crippen LogP contribution in [0.3, 0.4) is 0 Å². The fourth-order valence-corrected chi connectivity index (χ4v) is 2.66. The number of hydrogen-bond donors (Lipinski definition) is 1. The maximum Gasteiger partial charge on any atom is 0.248 e. The van der Waals surface area contributed by atoms with Crippen molar-refractivity contribution in [3.05, 3.63) is 0 Å². The van der Waals surface area contributed by atoms with Gasteiger partial charge in [-0.3, -0.25) is 4.79 Å². The number of piperidine rings is 1. The predicted molar refractivity (Wildman–Crippen MR) is 79.8 cm³/mol. The molecule has 5 heteroatoms. The van der Waals surface area contributed by atoms with Crippen LogP contribution < -0.4 is 5.32 Å². The number of nitrogens with one attached hydrogen (secondary N) is 1. The molecule has 1 N–H and O–H groups in total. The van der Waals surface area contributed by atoms with E-state index in [0.29, 0.717) is 25.2 Å². The molecular weight excluding hydrogens is 256 g/mol. The largest absolute Gasteiger partial charge is 0.382 e. The van der Waals surface area contributed by atoms with Crippen LogP contribution in [0.1, 0.15) is 33.1 Å². The molecule has 5 nitrogen and oxygen atoms in total. The molecule has 0 aliphatic carbocycles. The van der Waals surface area contributed by atoms with Crippen molar-refractivity contribution in [1.29, 1.82) is 0 Å². The van der Waals surface area contributed by atoms with Gasteiger partial charge in [0.15, 0.2) is 0 Å². The van der Waals surface area contributed by atoms with Crippen LogP contribution in [-0.4, -0.2) is 63.4 Å². The van der Waals surface area contributed by atoms with Gasteiger partial charge in [0.2, 0.25) is 5.91 Å². The molecule has 1 aliphatic rings. The van der Waals surface area contributed by atoms with E-state index in [4.69, 9.17) is 9.47 Å². The lowest BCUT2D eigenvalue weighted by molar-refractivity contribution is -0.138. The molecule has 0 aromatic carbocycles. The Hall–Kier alpha value is -0.650. The van der Waals surface area contributed by atoms with Gasteiger partial charge in [-0.1, -0.05) is 20.3 Å². The Bertz CT molecular complexity index is 274. The molecule has 1 heterocycles. The molecule has 118 valence electrons. The van der Waals surface area contributed by atoms with Gasteiger partial charge in [-0.2, -0.15) is 0 Å². The number of likely N-dealkylation sites (tertiary alicyclic amines) is 1. The Morgan fingerprint density at radius 3 is 2.80 bits per heavy atom. The minimum Gasteiger partial charge on any atom is -0.382 e. The SMILES string of the molecule is CCCNC1CCN(C(=O)COCCOC)CC1CC. The number of ether oxygens (including phenoxy) is 2. The number of carbonyl (C=O) groups is 1. The van der Waals surface area contributed by atoms with Crippen molar-refractivity contribution in [1.82, 2.24) is 10.2 Å². The zero-order chi connectivity index (χ0) is 14.8. The monoisotopic (exact) mass is 286 g/mol. The summed E-state index contributed by atoms with van der Waals surface area (Å²) in [6, 6.07) is 0.554. The minimum atomic E-state index is 0.105. The standard InChI is InChI=1S/C15H30N2O3/c1-4-7-16-14-6-8-17(11-13(14)5-2)15(18)12-20-10-9-19-3/h13-14,16H,4-12H2,1-3H3. The maximum absolute atomic E-state index is 12.1. The van der Waals surface area contributed by atoms with Crippen LogP contribution in [0.5, 0.6) is 0 Å². The molecule has 0 saturated carbocycles. The van der Waals surface area contributed by atoms with Gasteiger partial charge in [-0.25, -0.2) is 0 Å². The first-order chi connectivity index (χ1) is 9.72. The third-order valence-electron chi connectivity index (χ3n) is 3.92. The number of amides is 1. The highest BCUT2D eigenvalue weighted by atomic mass is 16.5. The van der Waals surface area contributed by atoms with E-state index in [1.807, 2.05) is 4.90 Å². The zero-order valence-corrected chi connectivity index (χ0v) is 13.2. The molecule has 1 rings (SSSR count). The van der Waals surface area contributed by atoms with Gasteiger partial charge in [-0.15, -0.1) is 0 Å². The summed E-state index contributed by atoms with van der Waals surface area (Å²) in [6.45, 7) is 8.33. The van der Waals surface area contributed by atoms with Gasteiger partial charge in [0.25, 0.3) is 0 Å². The molecule has 0 spiro atoms. The molecule has 0 bridgehead atoms. The average molecular weight is 286 g/mol. The van der Waals surface area contributed by atoms with Crippen molar-refractivity contribution >= 4 is 5.91 Å². The van der Waals surface area contributed by atoms with E-state index < -0.39 is 0 Å². The lowest BCUT2D eigenvalue weighted by Gasteiger charge is -2.38. The van der Waals surface area contributed by atoms with Crippen LogP contribution in [0.15, 0.2) is 0 Å². The third-order valence-corrected chi connectivity index (χ3v) is 3.92. The van der Waals surface area contributed by atoms with E-state index in [9.17, 15) is 4.79 Å². The normalized spacial score (nSPS) is 23.1. The summed E-state index contributed by atoms with van der Waals surface area (Å²) in [5, 5.41) is 3.61. The van der Waals surface area contributed by atoms with E-state index in [-0.39, 0.29) is 12.5 Å². The Morgan fingerprint density at radius 2 is 2.15 bits per heavy atom. The molecule has 2 unspecified atom stereocenters. The second-order valence-electron chi connectivity index (χ2n) is 5.40. The fraction of sp³-hybridized carbons (Fsp3) is 0.933. The van der Waals surface area contributed by atoms with Gasteiger partial charge < -0.3 is 19.7 Å². The van der Waals surface area contributed by atoms with Gasteiger partial charge in [0, 0.05) is 26.2 Å². The summed E-state index contributed by atoms with van der Waals surface area (Å²) in [5.41, 5.74) is 0. The van der Waals surface area contributed by atoms with Crippen molar-refractivity contribution in [2.24, 2.45) is 5.92 Å². The van der Waals surface area contributed by atoms with Crippen molar-refractivity contribution < 1.29 is 14.3 Å². The van der Waals surface area contributed by atoms with E-state index in [0.717, 1.165) is 38.9 Å². The first-order valence-electron chi connectivity index (χ1n) is 7.80. The molecular formula is C15H30N2O3. The lowest BCUT2D eigenvalue weighted by Crippen LogP contribution is -2.51. The second-order valence-corrected chi connectivity index (χ2v) is 5.40. The Balaban J connectivity index is 2.33. The van der Waals surface area contributed by atoms with Crippen LogP contribution in [0, 0.1) is 5.92 Å². The van der Waals surface area contributed by atoms with Gasteiger partial charge >= 0.3 is 0 Å². The highest BCUT2D eigenvalue weighted by Crippen LogP contribution is 2.20. The molecule has 1 saturated heterocycles. The maximum atomic E-state index is 12.1. The fourth-order valence-electron chi connectivity index (χ4n) is 2.66. The lowest BCUT2D eigenvalue weighted by atomic mass is 9.89. The molecule has 2 atom stereocenters. The van der Waals surface area contributed by atoms with Crippen LogP contribution in [0.2, 0.25) is 0 Å². The van der Waals surface area contributed by atoms with Gasteiger partial charge in [0.05, 0.1) is 13.2 Å². The molecule has 0 aromatic rings. The van der Waals surface area contributed by atoms with Crippen LogP contribution in [-0.2, 0) is 14.3 Å². The van der Waals surface area contributed by atoms with E-state index in [1.165, 1.54) is 0 Å². The average Bonchev–Trinajstić information content (AvgIpc) is 2.49. The summed E-state index contributed by atoms with van der Waals surface area (Å²) >= 11 is 0. The smallest absolute Gasteiger partial charge is 0.248 e. The first-order valence-corrected chi connectivity index (χ1v) is 7.80. The molecule has 0 radical (unpaired) electrons. The Kier molecular flexibility index (Phi) is 8.82.